The molecule has 1 aromatic rings. The molecule has 164 valence electrons. The number of fused-ring (bicyclic) bond motifs is 2. The number of piperidine rings is 1. The van der Waals surface area contributed by atoms with E-state index in [0.717, 1.165) is 44.2 Å². The molecule has 7 atom stereocenters. The summed E-state index contributed by atoms with van der Waals surface area (Å²) in [6.45, 7) is 9.01. The number of hydrogen-bond acceptors (Lipinski definition) is 5. The fraction of sp³-hybridized carbons (Fsp3) is 0.760. The molecule has 2 heterocycles. The normalized spacial score (nSPS) is 40.7. The summed E-state index contributed by atoms with van der Waals surface area (Å²) in [4.78, 5) is 2.49. The van der Waals surface area contributed by atoms with Crippen LogP contribution >= 0.6 is 0 Å². The Hall–Kier alpha value is -1.30. The van der Waals surface area contributed by atoms with Gasteiger partial charge in [0.05, 0.1) is 11.7 Å². The predicted octanol–water partition coefficient (Wildman–Crippen LogP) is 2.54. The van der Waals surface area contributed by atoms with Crippen LogP contribution in [0.5, 0.6) is 11.5 Å². The molecule has 5 nitrogen and oxygen atoms in total. The number of rotatable bonds is 1. The van der Waals surface area contributed by atoms with Gasteiger partial charge in [-0.2, -0.15) is 0 Å². The molecule has 2 aliphatic heterocycles. The maximum Gasteiger partial charge on any atom is 0.166 e. The number of aliphatic hydroxyl groups is 2. The number of hydrogen-bond donors (Lipinski definition) is 3. The van der Waals surface area contributed by atoms with E-state index in [0.29, 0.717) is 23.5 Å². The molecule has 0 aromatic heterocycles. The minimum Gasteiger partial charge on any atom is -0.504 e. The van der Waals surface area contributed by atoms with Crippen LogP contribution in [0.2, 0.25) is 0 Å². The minimum absolute atomic E-state index is 0.244. The standard InChI is InChI=1S/C25H35NO4/c1-23(2,3)24(4,29)16-11-15-17-10-14-12-6-7-13(12)19(27)21-18(14)25(15,8-9-26(17)5)22(30-21)20(16)28/h15-17,20,22,27-29H,6-11H2,1-5H3/t15-,16+,17-,20+,22+,24+,25+/m1/s1. The van der Waals surface area contributed by atoms with Gasteiger partial charge in [0.2, 0.25) is 0 Å². The van der Waals surface area contributed by atoms with Gasteiger partial charge < -0.3 is 25.0 Å². The number of aromatic hydroxyl groups is 1. The Bertz CT molecular complexity index is 948. The summed E-state index contributed by atoms with van der Waals surface area (Å²) >= 11 is 0. The molecular formula is C25H35NO4. The van der Waals surface area contributed by atoms with Crippen LogP contribution in [0.25, 0.3) is 0 Å². The van der Waals surface area contributed by atoms with Gasteiger partial charge in [-0.15, -0.1) is 0 Å². The Morgan fingerprint density at radius 3 is 2.43 bits per heavy atom. The Kier molecular flexibility index (Phi) is 3.58. The monoisotopic (exact) mass is 413 g/mol. The molecule has 5 aliphatic rings. The first-order valence-electron chi connectivity index (χ1n) is 11.7. The van der Waals surface area contributed by atoms with E-state index in [-0.39, 0.29) is 16.7 Å². The Balaban J connectivity index is 1.57. The molecule has 5 heteroatoms. The van der Waals surface area contributed by atoms with Crippen molar-refractivity contribution in [2.24, 2.45) is 17.3 Å². The van der Waals surface area contributed by atoms with Crippen LogP contribution in [0.15, 0.2) is 0 Å². The molecule has 3 aliphatic carbocycles. The fourth-order valence-corrected chi connectivity index (χ4v) is 7.74. The van der Waals surface area contributed by atoms with Crippen molar-refractivity contribution in [2.45, 2.75) is 89.1 Å². The second kappa shape index (κ2) is 5.54. The Morgan fingerprint density at radius 2 is 1.80 bits per heavy atom. The number of likely N-dealkylation sites (N-methyl/N-ethyl adjacent to an activating group) is 1. The maximum atomic E-state index is 11.7. The maximum absolute atomic E-state index is 11.7. The summed E-state index contributed by atoms with van der Waals surface area (Å²) in [5.74, 6) is 1.02. The third-order valence-corrected chi connectivity index (χ3v) is 10.1. The van der Waals surface area contributed by atoms with Gasteiger partial charge in [-0.1, -0.05) is 20.8 Å². The van der Waals surface area contributed by atoms with Crippen molar-refractivity contribution in [1.82, 2.24) is 4.90 Å². The first-order chi connectivity index (χ1) is 14.0. The van der Waals surface area contributed by atoms with Gasteiger partial charge >= 0.3 is 0 Å². The highest BCUT2D eigenvalue weighted by atomic mass is 16.5. The van der Waals surface area contributed by atoms with E-state index in [1.54, 1.807) is 0 Å². The zero-order valence-electron chi connectivity index (χ0n) is 18.8. The lowest BCUT2D eigenvalue weighted by molar-refractivity contribution is -0.197. The topological polar surface area (TPSA) is 73.2 Å². The lowest BCUT2D eigenvalue weighted by Gasteiger charge is -2.62. The summed E-state index contributed by atoms with van der Waals surface area (Å²) in [5.41, 5.74) is 3.38. The second-order valence-corrected chi connectivity index (χ2v) is 11.9. The zero-order chi connectivity index (χ0) is 21.4. The van der Waals surface area contributed by atoms with Crippen LogP contribution < -0.4 is 4.74 Å². The van der Waals surface area contributed by atoms with Gasteiger partial charge in [-0.3, -0.25) is 0 Å². The van der Waals surface area contributed by atoms with Crippen LogP contribution in [0.3, 0.4) is 0 Å². The van der Waals surface area contributed by atoms with Gasteiger partial charge in [0.1, 0.15) is 6.10 Å². The smallest absolute Gasteiger partial charge is 0.166 e. The lowest BCUT2D eigenvalue weighted by atomic mass is 9.47. The molecule has 3 N–H and O–H groups in total. The van der Waals surface area contributed by atoms with E-state index in [1.807, 2.05) is 27.7 Å². The third kappa shape index (κ3) is 1.97. The second-order valence-electron chi connectivity index (χ2n) is 11.9. The molecule has 0 amide bonds. The van der Waals surface area contributed by atoms with Crippen LogP contribution in [0, 0.1) is 17.3 Å². The molecule has 1 aromatic carbocycles. The fourth-order valence-electron chi connectivity index (χ4n) is 7.74. The Morgan fingerprint density at radius 1 is 1.10 bits per heavy atom. The predicted molar refractivity (Wildman–Crippen MR) is 114 cm³/mol. The molecule has 0 unspecified atom stereocenters. The third-order valence-electron chi connectivity index (χ3n) is 10.1. The summed E-state index contributed by atoms with van der Waals surface area (Å²) in [6, 6.07) is 0.392. The van der Waals surface area contributed by atoms with Gasteiger partial charge in [-0.25, -0.2) is 0 Å². The lowest BCUT2D eigenvalue weighted by Crippen LogP contribution is -2.71. The van der Waals surface area contributed by atoms with E-state index in [1.165, 1.54) is 16.7 Å². The summed E-state index contributed by atoms with van der Waals surface area (Å²) in [7, 11) is 2.23. The van der Waals surface area contributed by atoms with Gasteiger partial charge in [0.25, 0.3) is 0 Å². The number of nitrogens with zero attached hydrogens (tertiary/aromatic N) is 1. The molecule has 6 rings (SSSR count). The van der Waals surface area contributed by atoms with Crippen molar-refractivity contribution in [3.63, 3.8) is 0 Å². The number of aliphatic hydroxyl groups excluding tert-OH is 1. The molecule has 2 fully saturated rings. The number of phenols is 1. The largest absolute Gasteiger partial charge is 0.504 e. The van der Waals surface area contributed by atoms with E-state index in [2.05, 4.69) is 11.9 Å². The van der Waals surface area contributed by atoms with Crippen molar-refractivity contribution in [1.29, 1.82) is 0 Å². The number of ether oxygens (including phenoxy) is 1. The van der Waals surface area contributed by atoms with E-state index in [9.17, 15) is 15.3 Å². The van der Waals surface area contributed by atoms with Crippen LogP contribution in [-0.2, 0) is 24.7 Å². The molecule has 30 heavy (non-hydrogen) atoms. The first-order valence-corrected chi connectivity index (χ1v) is 11.7. The highest BCUT2D eigenvalue weighted by molar-refractivity contribution is 5.69. The minimum atomic E-state index is -1.02. The quantitative estimate of drug-likeness (QED) is 0.660. The van der Waals surface area contributed by atoms with Gasteiger partial charge in [0.15, 0.2) is 11.5 Å². The summed E-state index contributed by atoms with van der Waals surface area (Å²) in [5, 5.41) is 34.3. The first kappa shape index (κ1) is 19.4. The number of likely N-dealkylation sites (tertiary alicyclic amines) is 1. The van der Waals surface area contributed by atoms with Crippen LogP contribution in [0.1, 0.15) is 62.8 Å². The van der Waals surface area contributed by atoms with E-state index in [4.69, 9.17) is 4.74 Å². The van der Waals surface area contributed by atoms with Crippen LogP contribution in [0.4, 0.5) is 0 Å². The van der Waals surface area contributed by atoms with Crippen molar-refractivity contribution in [3.05, 3.63) is 22.3 Å². The highest BCUT2D eigenvalue weighted by Crippen LogP contribution is 2.67. The molecule has 1 saturated heterocycles. The SMILES string of the molecule is CN1CC[C@]23c4c5c6c(c(O)c4O[C@H]2[C@@H](O)[C@@H]([C@](C)(O)C(C)(C)C)C[C@@H]3[C@H]1C5)CC6. The van der Waals surface area contributed by atoms with Crippen molar-refractivity contribution in [2.75, 3.05) is 13.6 Å². The summed E-state index contributed by atoms with van der Waals surface area (Å²) in [6.07, 6.45) is 3.52. The molecule has 1 saturated carbocycles. The number of benzene rings is 1. The van der Waals surface area contributed by atoms with Crippen molar-refractivity contribution in [3.8, 4) is 11.5 Å². The molecular weight excluding hydrogens is 378 g/mol. The average molecular weight is 414 g/mol. The van der Waals surface area contributed by atoms with E-state index < -0.39 is 17.8 Å². The Labute approximate surface area is 179 Å². The molecule has 2 bridgehead atoms. The van der Waals surface area contributed by atoms with Crippen LogP contribution in [-0.4, -0.2) is 57.7 Å². The summed E-state index contributed by atoms with van der Waals surface area (Å²) < 4.78 is 6.54. The zero-order valence-corrected chi connectivity index (χ0v) is 18.8. The number of phenolic OH excluding ortho intramolecular Hbond substituents is 1. The van der Waals surface area contributed by atoms with Gasteiger partial charge in [-0.05, 0) is 75.1 Å². The molecule has 0 radical (unpaired) electrons. The average Bonchev–Trinajstić information content (AvgIpc) is 2.96. The highest BCUT2D eigenvalue weighted by Gasteiger charge is 2.69. The van der Waals surface area contributed by atoms with Crippen molar-refractivity contribution < 1.29 is 20.1 Å². The van der Waals surface area contributed by atoms with E-state index >= 15 is 0 Å². The molecule has 1 spiro atoms. The van der Waals surface area contributed by atoms with Gasteiger partial charge in [0, 0.05) is 28.5 Å². The van der Waals surface area contributed by atoms with Crippen molar-refractivity contribution >= 4 is 0 Å².